The van der Waals surface area contributed by atoms with Gasteiger partial charge in [0.05, 0.1) is 19.1 Å². The maximum Gasteiger partial charge on any atom is 0.233 e. The minimum Gasteiger partial charge on any atom is -0.494 e. The molecule has 1 N–H and O–H groups in total. The molecule has 1 aliphatic heterocycles. The second kappa shape index (κ2) is 5.41. The van der Waals surface area contributed by atoms with E-state index in [1.165, 1.54) is 19.2 Å². The van der Waals surface area contributed by atoms with Crippen LogP contribution in [0.2, 0.25) is 0 Å². The number of aromatic nitrogens is 2. The minimum atomic E-state index is -0.462. The van der Waals surface area contributed by atoms with Crippen LogP contribution in [0.1, 0.15) is 11.8 Å². The van der Waals surface area contributed by atoms with Crippen molar-refractivity contribution in [3.8, 4) is 17.1 Å². The number of methoxy groups -OCH3 is 1. The van der Waals surface area contributed by atoms with Crippen LogP contribution in [0.3, 0.4) is 0 Å². The molecule has 2 aromatic rings. The second-order valence-electron chi connectivity index (χ2n) is 4.52. The van der Waals surface area contributed by atoms with E-state index < -0.39 is 11.9 Å². The molecule has 3 rings (SSSR count). The van der Waals surface area contributed by atoms with Crippen molar-refractivity contribution in [2.24, 2.45) is 0 Å². The molecule has 2 unspecified atom stereocenters. The average molecular weight is 296 g/mol. The highest BCUT2D eigenvalue weighted by Gasteiger charge is 2.32. The van der Waals surface area contributed by atoms with Gasteiger partial charge in [-0.2, -0.15) is 16.7 Å². The number of ether oxygens (including phenoxy) is 1. The zero-order valence-corrected chi connectivity index (χ0v) is 11.6. The van der Waals surface area contributed by atoms with Gasteiger partial charge in [0, 0.05) is 17.1 Å². The summed E-state index contributed by atoms with van der Waals surface area (Å²) >= 11 is 1.65. The molecule has 1 aliphatic rings. The molecule has 0 aliphatic carbocycles. The smallest absolute Gasteiger partial charge is 0.233 e. The highest BCUT2D eigenvalue weighted by Crippen LogP contribution is 2.33. The molecule has 0 spiro atoms. The average Bonchev–Trinajstić information content (AvgIpc) is 3.08. The van der Waals surface area contributed by atoms with Gasteiger partial charge in [-0.25, -0.2) is 4.39 Å². The summed E-state index contributed by atoms with van der Waals surface area (Å²) in [5, 5.41) is 13.7. The summed E-state index contributed by atoms with van der Waals surface area (Å²) in [6, 6.07) is 4.38. The van der Waals surface area contributed by atoms with E-state index in [-0.39, 0.29) is 11.7 Å². The largest absolute Gasteiger partial charge is 0.494 e. The maximum atomic E-state index is 13.4. The lowest BCUT2D eigenvalue weighted by Gasteiger charge is -2.06. The molecule has 0 amide bonds. The number of aliphatic hydroxyl groups excluding tert-OH is 1. The van der Waals surface area contributed by atoms with Gasteiger partial charge in [-0.1, -0.05) is 5.16 Å². The highest BCUT2D eigenvalue weighted by atomic mass is 32.2. The molecule has 7 heteroatoms. The number of aliphatic hydroxyl groups is 1. The molecular formula is C13H13FN2O3S. The molecule has 106 valence electrons. The van der Waals surface area contributed by atoms with Crippen molar-refractivity contribution in [3.63, 3.8) is 0 Å². The lowest BCUT2D eigenvalue weighted by atomic mass is 10.1. The van der Waals surface area contributed by atoms with E-state index in [0.29, 0.717) is 23.0 Å². The number of hydrogen-bond donors (Lipinski definition) is 1. The van der Waals surface area contributed by atoms with Gasteiger partial charge in [-0.05, 0) is 18.2 Å². The van der Waals surface area contributed by atoms with Crippen molar-refractivity contribution >= 4 is 11.8 Å². The third-order valence-corrected chi connectivity index (χ3v) is 4.39. The van der Waals surface area contributed by atoms with Crippen LogP contribution in [-0.2, 0) is 0 Å². The molecule has 1 saturated heterocycles. The van der Waals surface area contributed by atoms with Crippen molar-refractivity contribution in [3.05, 3.63) is 29.9 Å². The topological polar surface area (TPSA) is 68.4 Å². The summed E-state index contributed by atoms with van der Waals surface area (Å²) in [7, 11) is 1.40. The van der Waals surface area contributed by atoms with E-state index in [2.05, 4.69) is 10.1 Å². The summed E-state index contributed by atoms with van der Waals surface area (Å²) in [6.45, 7) is 0. The fourth-order valence-corrected chi connectivity index (χ4v) is 3.31. The van der Waals surface area contributed by atoms with E-state index in [4.69, 9.17) is 9.26 Å². The summed E-state index contributed by atoms with van der Waals surface area (Å²) in [4.78, 5) is 4.29. The quantitative estimate of drug-likeness (QED) is 0.935. The van der Waals surface area contributed by atoms with E-state index >= 15 is 0 Å². The van der Waals surface area contributed by atoms with Gasteiger partial charge >= 0.3 is 0 Å². The third kappa shape index (κ3) is 2.38. The molecule has 2 atom stereocenters. The minimum absolute atomic E-state index is 0.130. The zero-order chi connectivity index (χ0) is 14.1. The first kappa shape index (κ1) is 13.4. The Kier molecular flexibility index (Phi) is 3.62. The van der Waals surface area contributed by atoms with Crippen LogP contribution < -0.4 is 4.74 Å². The van der Waals surface area contributed by atoms with E-state index in [9.17, 15) is 9.50 Å². The molecule has 1 aromatic heterocycles. The predicted molar refractivity (Wildman–Crippen MR) is 72.3 cm³/mol. The van der Waals surface area contributed by atoms with Gasteiger partial charge in [0.15, 0.2) is 11.6 Å². The van der Waals surface area contributed by atoms with Crippen molar-refractivity contribution in [2.75, 3.05) is 18.6 Å². The van der Waals surface area contributed by atoms with E-state index in [1.54, 1.807) is 17.8 Å². The fraction of sp³-hybridized carbons (Fsp3) is 0.385. The van der Waals surface area contributed by atoms with Gasteiger partial charge < -0.3 is 14.4 Å². The molecule has 2 heterocycles. The van der Waals surface area contributed by atoms with E-state index in [0.717, 1.165) is 5.75 Å². The van der Waals surface area contributed by atoms with Crippen molar-refractivity contribution < 1.29 is 18.8 Å². The Morgan fingerprint density at radius 2 is 2.30 bits per heavy atom. The molecule has 1 fully saturated rings. The number of benzene rings is 1. The van der Waals surface area contributed by atoms with Crippen molar-refractivity contribution in [1.29, 1.82) is 0 Å². The van der Waals surface area contributed by atoms with Gasteiger partial charge in [0.1, 0.15) is 0 Å². The lowest BCUT2D eigenvalue weighted by Crippen LogP contribution is -2.15. The van der Waals surface area contributed by atoms with Crippen LogP contribution in [0, 0.1) is 5.82 Å². The predicted octanol–water partition coefficient (Wildman–Crippen LogP) is 2.08. The Bertz CT molecular complexity index is 619. The van der Waals surface area contributed by atoms with Gasteiger partial charge in [-0.3, -0.25) is 0 Å². The SMILES string of the molecule is COc1cc(-c2noc(C3CSCC3O)n2)ccc1F. The molecule has 0 radical (unpaired) electrons. The zero-order valence-electron chi connectivity index (χ0n) is 10.7. The molecule has 20 heavy (non-hydrogen) atoms. The second-order valence-corrected chi connectivity index (χ2v) is 5.59. The summed E-state index contributed by atoms with van der Waals surface area (Å²) in [5.74, 6) is 1.77. The Hall–Kier alpha value is -1.60. The summed E-state index contributed by atoms with van der Waals surface area (Å²) < 4.78 is 23.5. The Labute approximate surface area is 119 Å². The standard InChI is InChI=1S/C13H13FN2O3S/c1-18-11-4-7(2-3-9(11)14)12-15-13(19-16-12)8-5-20-6-10(8)17/h2-4,8,10,17H,5-6H2,1H3. The molecule has 1 aromatic carbocycles. The number of rotatable bonds is 3. The Balaban J connectivity index is 1.90. The highest BCUT2D eigenvalue weighted by molar-refractivity contribution is 7.99. The Morgan fingerprint density at radius 3 is 3.00 bits per heavy atom. The summed E-state index contributed by atoms with van der Waals surface area (Å²) in [5.41, 5.74) is 0.610. The molecule has 0 saturated carbocycles. The normalized spacial score (nSPS) is 22.1. The molecular weight excluding hydrogens is 283 g/mol. The first-order valence-electron chi connectivity index (χ1n) is 6.12. The van der Waals surface area contributed by atoms with Crippen LogP contribution in [0.5, 0.6) is 5.75 Å². The van der Waals surface area contributed by atoms with Gasteiger partial charge in [-0.15, -0.1) is 0 Å². The number of thioether (sulfide) groups is 1. The van der Waals surface area contributed by atoms with Crippen LogP contribution in [0.4, 0.5) is 4.39 Å². The first-order chi connectivity index (χ1) is 9.69. The van der Waals surface area contributed by atoms with E-state index in [1.807, 2.05) is 0 Å². The molecule has 5 nitrogen and oxygen atoms in total. The van der Waals surface area contributed by atoms with Crippen LogP contribution >= 0.6 is 11.8 Å². The van der Waals surface area contributed by atoms with Gasteiger partial charge in [0.25, 0.3) is 0 Å². The number of hydrogen-bond acceptors (Lipinski definition) is 6. The lowest BCUT2D eigenvalue weighted by molar-refractivity contribution is 0.164. The van der Waals surface area contributed by atoms with Gasteiger partial charge in [0.2, 0.25) is 11.7 Å². The summed E-state index contributed by atoms with van der Waals surface area (Å²) in [6.07, 6.45) is -0.462. The number of halogens is 1. The number of nitrogens with zero attached hydrogens (tertiary/aromatic N) is 2. The first-order valence-corrected chi connectivity index (χ1v) is 7.28. The van der Waals surface area contributed by atoms with Crippen LogP contribution in [0.25, 0.3) is 11.4 Å². The van der Waals surface area contributed by atoms with Crippen molar-refractivity contribution in [1.82, 2.24) is 10.1 Å². The monoisotopic (exact) mass is 296 g/mol. The fourth-order valence-electron chi connectivity index (χ4n) is 2.08. The molecule has 0 bridgehead atoms. The van der Waals surface area contributed by atoms with Crippen LogP contribution in [-0.4, -0.2) is 40.0 Å². The van der Waals surface area contributed by atoms with Crippen LogP contribution in [0.15, 0.2) is 22.7 Å². The Morgan fingerprint density at radius 1 is 1.45 bits per heavy atom. The maximum absolute atomic E-state index is 13.4. The van der Waals surface area contributed by atoms with Crippen molar-refractivity contribution in [2.45, 2.75) is 12.0 Å². The third-order valence-electron chi connectivity index (χ3n) is 3.22.